The number of aromatic nitrogens is 5. The van der Waals surface area contributed by atoms with E-state index in [9.17, 15) is 0 Å². The van der Waals surface area contributed by atoms with Gasteiger partial charge in [0.25, 0.3) is 0 Å². The summed E-state index contributed by atoms with van der Waals surface area (Å²) in [5.74, 6) is 2.51. The van der Waals surface area contributed by atoms with Crippen LogP contribution in [-0.4, -0.2) is 50.3 Å². The number of nitrogens with zero attached hydrogens (tertiary/aromatic N) is 6. The number of aliphatic imine (C=N–C) groups is 1. The van der Waals surface area contributed by atoms with Crippen LogP contribution in [0.5, 0.6) is 0 Å². The minimum Gasteiger partial charge on any atom is -0.382 e. The van der Waals surface area contributed by atoms with Gasteiger partial charge in [-0.15, -0.1) is 10.2 Å². The lowest BCUT2D eigenvalue weighted by Gasteiger charge is -2.12. The van der Waals surface area contributed by atoms with Crippen molar-refractivity contribution < 1.29 is 4.74 Å². The highest BCUT2D eigenvalue weighted by molar-refractivity contribution is 5.79. The summed E-state index contributed by atoms with van der Waals surface area (Å²) in [6, 6.07) is 2.63. The highest BCUT2D eigenvalue weighted by atomic mass is 16.5. The van der Waals surface area contributed by atoms with Crippen LogP contribution >= 0.6 is 0 Å². The van der Waals surface area contributed by atoms with E-state index in [-0.39, 0.29) is 0 Å². The van der Waals surface area contributed by atoms with E-state index < -0.39 is 0 Å². The normalized spacial score (nSPS) is 15.2. The number of rotatable bonds is 10. The lowest BCUT2D eigenvalue weighted by atomic mass is 10.3. The quantitative estimate of drug-likeness (QED) is 0.359. The Bertz CT molecular complexity index is 775. The second-order valence-corrected chi connectivity index (χ2v) is 7.44. The predicted molar refractivity (Wildman–Crippen MR) is 113 cm³/mol. The first-order valence-electron chi connectivity index (χ1n) is 10.7. The molecule has 0 spiro atoms. The monoisotopic (exact) mass is 402 g/mol. The van der Waals surface area contributed by atoms with Gasteiger partial charge >= 0.3 is 0 Å². The fraction of sp³-hybridized carbons (Fsp3) is 0.700. The summed E-state index contributed by atoms with van der Waals surface area (Å²) in [5, 5.41) is 19.8. The lowest BCUT2D eigenvalue weighted by Crippen LogP contribution is -2.38. The zero-order chi connectivity index (χ0) is 20.5. The Morgan fingerprint density at radius 2 is 2.10 bits per heavy atom. The van der Waals surface area contributed by atoms with Crippen molar-refractivity contribution in [3.63, 3.8) is 0 Å². The van der Waals surface area contributed by atoms with Crippen molar-refractivity contribution in [3.8, 4) is 0 Å². The molecule has 9 nitrogen and oxygen atoms in total. The Morgan fingerprint density at radius 1 is 1.28 bits per heavy atom. The van der Waals surface area contributed by atoms with Gasteiger partial charge in [-0.3, -0.25) is 4.68 Å². The molecule has 0 aromatic carbocycles. The molecule has 0 aliphatic heterocycles. The van der Waals surface area contributed by atoms with Gasteiger partial charge in [0.05, 0.1) is 24.8 Å². The van der Waals surface area contributed by atoms with Gasteiger partial charge in [-0.05, 0) is 39.2 Å². The number of hydrogen-bond acceptors (Lipinski definition) is 5. The van der Waals surface area contributed by atoms with Crippen LogP contribution in [0, 0.1) is 6.92 Å². The first-order valence-corrected chi connectivity index (χ1v) is 10.7. The van der Waals surface area contributed by atoms with Crippen molar-refractivity contribution in [1.82, 2.24) is 35.2 Å². The van der Waals surface area contributed by atoms with E-state index in [2.05, 4.69) is 37.8 Å². The van der Waals surface area contributed by atoms with Gasteiger partial charge in [-0.1, -0.05) is 12.8 Å². The SMILES string of the molecule is CCOCCCNC(=NCc1ccn(C2CCCC2)n1)NCc1nnc(C)n1C. The van der Waals surface area contributed by atoms with Crippen LogP contribution in [0.2, 0.25) is 0 Å². The molecular weight excluding hydrogens is 368 g/mol. The Kier molecular flexibility index (Phi) is 8.03. The zero-order valence-electron chi connectivity index (χ0n) is 17.9. The molecule has 2 N–H and O–H groups in total. The number of hydrogen-bond donors (Lipinski definition) is 2. The molecule has 0 bridgehead atoms. The molecule has 0 saturated heterocycles. The number of aryl methyl sites for hydroxylation is 1. The summed E-state index contributed by atoms with van der Waals surface area (Å²) in [5.41, 5.74) is 0.988. The molecule has 1 saturated carbocycles. The molecule has 160 valence electrons. The first-order chi connectivity index (χ1) is 14.2. The molecule has 0 amide bonds. The van der Waals surface area contributed by atoms with Crippen molar-refractivity contribution in [2.75, 3.05) is 19.8 Å². The molecule has 1 aliphatic rings. The summed E-state index contributed by atoms with van der Waals surface area (Å²) in [6.07, 6.45) is 8.09. The molecule has 3 rings (SSSR count). The second kappa shape index (κ2) is 10.9. The van der Waals surface area contributed by atoms with E-state index in [4.69, 9.17) is 14.8 Å². The van der Waals surface area contributed by atoms with Crippen LogP contribution in [-0.2, 0) is 24.9 Å². The average Bonchev–Trinajstić information content (AvgIpc) is 3.47. The fourth-order valence-electron chi connectivity index (χ4n) is 3.46. The summed E-state index contributed by atoms with van der Waals surface area (Å²) >= 11 is 0. The van der Waals surface area contributed by atoms with Gasteiger partial charge in [-0.2, -0.15) is 5.10 Å². The Labute approximate surface area is 172 Å². The topological polar surface area (TPSA) is 94.2 Å². The summed E-state index contributed by atoms with van der Waals surface area (Å²) in [6.45, 7) is 7.33. The van der Waals surface area contributed by atoms with E-state index in [1.165, 1.54) is 25.7 Å². The van der Waals surface area contributed by atoms with E-state index >= 15 is 0 Å². The maximum atomic E-state index is 5.41. The zero-order valence-corrected chi connectivity index (χ0v) is 17.9. The Balaban J connectivity index is 1.57. The lowest BCUT2D eigenvalue weighted by molar-refractivity contribution is 0.145. The van der Waals surface area contributed by atoms with Crippen molar-refractivity contribution in [1.29, 1.82) is 0 Å². The molecule has 0 atom stereocenters. The van der Waals surface area contributed by atoms with Crippen LogP contribution in [0.1, 0.15) is 62.4 Å². The van der Waals surface area contributed by atoms with Gasteiger partial charge in [-0.25, -0.2) is 4.99 Å². The minimum atomic E-state index is 0.540. The van der Waals surface area contributed by atoms with Crippen LogP contribution in [0.3, 0.4) is 0 Å². The van der Waals surface area contributed by atoms with Crippen LogP contribution in [0.15, 0.2) is 17.3 Å². The summed E-state index contributed by atoms with van der Waals surface area (Å²) < 4.78 is 9.50. The maximum Gasteiger partial charge on any atom is 0.192 e. The second-order valence-electron chi connectivity index (χ2n) is 7.44. The standard InChI is InChI=1S/C20H34N8O/c1-4-29-13-7-11-21-20(23-15-19-25-24-16(2)27(19)3)22-14-17-10-12-28(26-17)18-8-5-6-9-18/h10,12,18H,4-9,11,13-15H2,1-3H3,(H2,21,22,23). The smallest absolute Gasteiger partial charge is 0.192 e. The van der Waals surface area contributed by atoms with E-state index in [1.807, 2.05) is 25.5 Å². The molecular formula is C20H34N8O. The summed E-state index contributed by atoms with van der Waals surface area (Å²) in [7, 11) is 1.97. The van der Waals surface area contributed by atoms with Crippen LogP contribution in [0.4, 0.5) is 0 Å². The molecule has 2 heterocycles. The van der Waals surface area contributed by atoms with Crippen LogP contribution in [0.25, 0.3) is 0 Å². The van der Waals surface area contributed by atoms with E-state index in [0.29, 0.717) is 19.1 Å². The highest BCUT2D eigenvalue weighted by Gasteiger charge is 2.17. The number of ether oxygens (including phenoxy) is 1. The van der Waals surface area contributed by atoms with Crippen molar-refractivity contribution in [2.45, 2.75) is 65.1 Å². The average molecular weight is 403 g/mol. The third-order valence-electron chi connectivity index (χ3n) is 5.32. The molecule has 0 radical (unpaired) electrons. The van der Waals surface area contributed by atoms with Crippen molar-refractivity contribution in [2.24, 2.45) is 12.0 Å². The third-order valence-corrected chi connectivity index (χ3v) is 5.32. The molecule has 2 aromatic rings. The fourth-order valence-corrected chi connectivity index (χ4v) is 3.46. The molecule has 29 heavy (non-hydrogen) atoms. The predicted octanol–water partition coefficient (Wildman–Crippen LogP) is 2.10. The van der Waals surface area contributed by atoms with Gasteiger partial charge < -0.3 is 19.9 Å². The molecule has 2 aromatic heterocycles. The third kappa shape index (κ3) is 6.28. The van der Waals surface area contributed by atoms with Gasteiger partial charge in [0.15, 0.2) is 11.8 Å². The Hall–Kier alpha value is -2.42. The first kappa shape index (κ1) is 21.3. The highest BCUT2D eigenvalue weighted by Crippen LogP contribution is 2.28. The molecule has 1 aliphatic carbocycles. The Morgan fingerprint density at radius 3 is 2.83 bits per heavy atom. The van der Waals surface area contributed by atoms with Gasteiger partial charge in [0.1, 0.15) is 5.82 Å². The minimum absolute atomic E-state index is 0.540. The summed E-state index contributed by atoms with van der Waals surface area (Å²) in [4.78, 5) is 4.72. The number of guanidine groups is 1. The van der Waals surface area contributed by atoms with Crippen LogP contribution < -0.4 is 10.6 Å². The van der Waals surface area contributed by atoms with Crippen molar-refractivity contribution >= 4 is 5.96 Å². The molecule has 9 heteroatoms. The maximum absolute atomic E-state index is 5.41. The molecule has 1 fully saturated rings. The van der Waals surface area contributed by atoms with Gasteiger partial charge in [0, 0.05) is 33.0 Å². The van der Waals surface area contributed by atoms with Gasteiger partial charge in [0.2, 0.25) is 0 Å². The molecule has 0 unspecified atom stereocenters. The van der Waals surface area contributed by atoms with E-state index in [0.717, 1.165) is 49.5 Å². The van der Waals surface area contributed by atoms with E-state index in [1.54, 1.807) is 0 Å². The largest absolute Gasteiger partial charge is 0.382 e. The number of nitrogens with one attached hydrogen (secondary N) is 2. The van der Waals surface area contributed by atoms with Crippen molar-refractivity contribution in [3.05, 3.63) is 29.6 Å².